The number of rotatable bonds is 3. The maximum absolute atomic E-state index is 12.0. The Balaban J connectivity index is 0.00000256. The van der Waals surface area contributed by atoms with Gasteiger partial charge >= 0.3 is 6.18 Å². The highest BCUT2D eigenvalue weighted by molar-refractivity contribution is 9.13. The maximum atomic E-state index is 12.0. The minimum atomic E-state index is -4.15. The summed E-state index contributed by atoms with van der Waals surface area (Å²) in [6, 6.07) is 4.61. The van der Waals surface area contributed by atoms with Crippen LogP contribution in [0.5, 0.6) is 0 Å². The molecule has 0 aliphatic heterocycles. The highest BCUT2D eigenvalue weighted by atomic mass is 79.9. The lowest BCUT2D eigenvalue weighted by Crippen LogP contribution is -2.15. The molecule has 0 saturated heterocycles. The van der Waals surface area contributed by atoms with E-state index in [0.29, 0.717) is 5.56 Å². The van der Waals surface area contributed by atoms with E-state index in [1.807, 2.05) is 0 Å². The number of benzene rings is 1. The minimum Gasteiger partial charge on any atom is -0.324 e. The number of hydrogen-bond acceptors (Lipinski definition) is 1. The van der Waals surface area contributed by atoms with Gasteiger partial charge in [-0.15, -0.1) is 12.4 Å². The second-order valence-corrected chi connectivity index (χ2v) is 5.14. The summed E-state index contributed by atoms with van der Waals surface area (Å²) in [6.07, 6.45) is -5.11. The summed E-state index contributed by atoms with van der Waals surface area (Å²) in [5.41, 5.74) is 6.38. The van der Waals surface area contributed by atoms with Gasteiger partial charge in [0.15, 0.2) is 0 Å². The van der Waals surface area contributed by atoms with Crippen molar-refractivity contribution in [3.8, 4) is 0 Å². The standard InChI is InChI=1S/C10H10Br2F3N.ClH/c11-7-2-1-6(5-8(7)12)9(16)3-4-10(13,14)15;/h1-2,5,9H,3-4,16H2;1H/t9-;/m0./s1. The first-order valence-corrected chi connectivity index (χ1v) is 6.15. The molecule has 1 nitrogen and oxygen atoms in total. The largest absolute Gasteiger partial charge is 0.389 e. The Hall–Kier alpha value is 0.220. The van der Waals surface area contributed by atoms with Gasteiger partial charge in [-0.2, -0.15) is 13.2 Å². The molecule has 0 aromatic heterocycles. The van der Waals surface area contributed by atoms with Gasteiger partial charge in [0.1, 0.15) is 0 Å². The summed E-state index contributed by atoms with van der Waals surface area (Å²) in [6.45, 7) is 0. The molecule has 1 atom stereocenters. The first kappa shape index (κ1) is 17.2. The Morgan fingerprint density at radius 1 is 1.18 bits per heavy atom. The second-order valence-electron chi connectivity index (χ2n) is 3.43. The highest BCUT2D eigenvalue weighted by Crippen LogP contribution is 2.29. The summed E-state index contributed by atoms with van der Waals surface area (Å²) in [4.78, 5) is 0. The molecule has 98 valence electrons. The molecular weight excluding hydrogens is 386 g/mol. The van der Waals surface area contributed by atoms with E-state index in [1.54, 1.807) is 18.2 Å². The summed E-state index contributed by atoms with van der Waals surface area (Å²) in [5, 5.41) is 0. The zero-order chi connectivity index (χ0) is 12.3. The molecule has 2 N–H and O–H groups in total. The molecule has 0 bridgehead atoms. The van der Waals surface area contributed by atoms with E-state index in [4.69, 9.17) is 5.73 Å². The Bertz CT molecular complexity index is 371. The van der Waals surface area contributed by atoms with Crippen molar-refractivity contribution in [2.75, 3.05) is 0 Å². The third-order valence-electron chi connectivity index (χ3n) is 2.11. The fourth-order valence-electron chi connectivity index (χ4n) is 1.23. The smallest absolute Gasteiger partial charge is 0.324 e. The molecular formula is C10H11Br2ClF3N. The normalized spacial score (nSPS) is 13.1. The zero-order valence-electron chi connectivity index (χ0n) is 8.60. The van der Waals surface area contributed by atoms with Crippen molar-refractivity contribution in [2.45, 2.75) is 25.1 Å². The van der Waals surface area contributed by atoms with Crippen LogP contribution in [0.2, 0.25) is 0 Å². The van der Waals surface area contributed by atoms with Crippen LogP contribution < -0.4 is 5.73 Å². The molecule has 0 heterocycles. The van der Waals surface area contributed by atoms with Gasteiger partial charge in [0.2, 0.25) is 0 Å². The van der Waals surface area contributed by atoms with Crippen molar-refractivity contribution in [1.29, 1.82) is 0 Å². The summed E-state index contributed by atoms with van der Waals surface area (Å²) < 4.78 is 37.6. The zero-order valence-corrected chi connectivity index (χ0v) is 12.6. The van der Waals surface area contributed by atoms with Crippen molar-refractivity contribution in [3.63, 3.8) is 0 Å². The Morgan fingerprint density at radius 2 is 1.76 bits per heavy atom. The van der Waals surface area contributed by atoms with Gasteiger partial charge in [-0.05, 0) is 56.0 Å². The monoisotopic (exact) mass is 395 g/mol. The van der Waals surface area contributed by atoms with Crippen molar-refractivity contribution in [3.05, 3.63) is 32.7 Å². The topological polar surface area (TPSA) is 26.0 Å². The minimum absolute atomic E-state index is 0. The van der Waals surface area contributed by atoms with Crippen LogP contribution in [0.15, 0.2) is 27.1 Å². The van der Waals surface area contributed by atoms with Crippen molar-refractivity contribution >= 4 is 44.3 Å². The molecule has 17 heavy (non-hydrogen) atoms. The van der Waals surface area contributed by atoms with Crippen LogP contribution in [0.3, 0.4) is 0 Å². The van der Waals surface area contributed by atoms with Crippen LogP contribution in [-0.2, 0) is 0 Å². The van der Waals surface area contributed by atoms with Crippen LogP contribution in [0.4, 0.5) is 13.2 Å². The summed E-state index contributed by atoms with van der Waals surface area (Å²) >= 11 is 6.56. The van der Waals surface area contributed by atoms with E-state index in [2.05, 4.69) is 31.9 Å². The molecule has 1 aromatic carbocycles. The lowest BCUT2D eigenvalue weighted by atomic mass is 10.0. The highest BCUT2D eigenvalue weighted by Gasteiger charge is 2.27. The fraction of sp³-hybridized carbons (Fsp3) is 0.400. The lowest BCUT2D eigenvalue weighted by molar-refractivity contribution is -0.136. The number of alkyl halides is 3. The second kappa shape index (κ2) is 6.97. The van der Waals surface area contributed by atoms with E-state index in [1.165, 1.54) is 0 Å². The van der Waals surface area contributed by atoms with Crippen LogP contribution in [0.1, 0.15) is 24.4 Å². The Kier molecular flexibility index (Phi) is 7.06. The van der Waals surface area contributed by atoms with Crippen LogP contribution in [0, 0.1) is 0 Å². The predicted octanol–water partition coefficient (Wildman–Crippen LogP) is 4.98. The predicted molar refractivity (Wildman–Crippen MR) is 71.3 cm³/mol. The first-order chi connectivity index (χ1) is 7.29. The van der Waals surface area contributed by atoms with Gasteiger partial charge in [-0.1, -0.05) is 6.07 Å². The molecule has 0 fully saturated rings. The number of hydrogen-bond donors (Lipinski definition) is 1. The van der Waals surface area contributed by atoms with Gasteiger partial charge < -0.3 is 5.73 Å². The van der Waals surface area contributed by atoms with E-state index >= 15 is 0 Å². The molecule has 0 spiro atoms. The molecule has 0 aliphatic carbocycles. The van der Waals surface area contributed by atoms with Crippen molar-refractivity contribution < 1.29 is 13.2 Å². The lowest BCUT2D eigenvalue weighted by Gasteiger charge is -2.14. The van der Waals surface area contributed by atoms with Gasteiger partial charge in [0.05, 0.1) is 0 Å². The van der Waals surface area contributed by atoms with Crippen molar-refractivity contribution in [2.24, 2.45) is 5.73 Å². The molecule has 1 aromatic rings. The third-order valence-corrected chi connectivity index (χ3v) is 3.99. The summed E-state index contributed by atoms with van der Waals surface area (Å²) in [7, 11) is 0. The molecule has 1 rings (SSSR count). The fourth-order valence-corrected chi connectivity index (χ4v) is 1.87. The van der Waals surface area contributed by atoms with Crippen LogP contribution in [0.25, 0.3) is 0 Å². The van der Waals surface area contributed by atoms with Crippen LogP contribution in [-0.4, -0.2) is 6.18 Å². The molecule has 0 amide bonds. The van der Waals surface area contributed by atoms with Gasteiger partial charge in [-0.25, -0.2) is 0 Å². The number of halogens is 6. The van der Waals surface area contributed by atoms with Gasteiger partial charge in [0.25, 0.3) is 0 Å². The van der Waals surface area contributed by atoms with E-state index in [-0.39, 0.29) is 18.8 Å². The maximum Gasteiger partial charge on any atom is 0.389 e. The average Bonchev–Trinajstić information content (AvgIpc) is 2.17. The molecule has 7 heteroatoms. The third kappa shape index (κ3) is 6.08. The summed E-state index contributed by atoms with van der Waals surface area (Å²) in [5.74, 6) is 0. The average molecular weight is 397 g/mol. The van der Waals surface area contributed by atoms with Gasteiger partial charge in [-0.3, -0.25) is 0 Å². The SMILES string of the molecule is Cl.N[C@@H](CCC(F)(F)F)c1ccc(Br)c(Br)c1. The molecule has 0 unspecified atom stereocenters. The number of nitrogens with two attached hydrogens (primary N) is 1. The Morgan fingerprint density at radius 3 is 2.24 bits per heavy atom. The first-order valence-electron chi connectivity index (χ1n) is 4.57. The van der Waals surface area contributed by atoms with E-state index < -0.39 is 18.6 Å². The van der Waals surface area contributed by atoms with E-state index in [9.17, 15) is 13.2 Å². The van der Waals surface area contributed by atoms with Gasteiger partial charge in [0, 0.05) is 21.4 Å². The molecule has 0 aliphatic rings. The quantitative estimate of drug-likeness (QED) is 0.765. The van der Waals surface area contributed by atoms with E-state index in [0.717, 1.165) is 8.95 Å². The Labute approximate surface area is 121 Å². The van der Waals surface area contributed by atoms with Crippen LogP contribution >= 0.6 is 44.3 Å². The molecule has 0 saturated carbocycles. The molecule has 0 radical (unpaired) electrons. The van der Waals surface area contributed by atoms with Crippen molar-refractivity contribution in [1.82, 2.24) is 0 Å².